The number of carbonyl (C=O) groups is 1. The molecule has 1 aliphatic heterocycles. The molecule has 1 amide bonds. The Kier molecular flexibility index (Phi) is 5.53. The second-order valence-electron chi connectivity index (χ2n) is 5.06. The SMILES string of the molecule is CC1(CNC(=O)c2csc(C#CCCO)c2)CCCS1. The van der Waals surface area contributed by atoms with E-state index in [-0.39, 0.29) is 17.3 Å². The van der Waals surface area contributed by atoms with Crippen LogP contribution in [-0.2, 0) is 0 Å². The molecule has 1 atom stereocenters. The molecular weight excluding hydrogens is 290 g/mol. The molecule has 0 radical (unpaired) electrons. The fourth-order valence-corrected chi connectivity index (χ4v) is 4.07. The molecule has 1 aromatic rings. The Balaban J connectivity index is 1.88. The standard InChI is InChI=1S/C15H19NO2S2/c1-15(6-4-8-20-15)11-16-14(18)12-9-13(19-10-12)5-2-3-7-17/h9-10,17H,3-4,6-8,11H2,1H3,(H,16,18). The van der Waals surface area contributed by atoms with Crippen molar-refractivity contribution in [1.82, 2.24) is 5.32 Å². The number of carbonyl (C=O) groups excluding carboxylic acids is 1. The smallest absolute Gasteiger partial charge is 0.252 e. The summed E-state index contributed by atoms with van der Waals surface area (Å²) >= 11 is 3.41. The molecule has 5 heteroatoms. The number of thioether (sulfide) groups is 1. The molecule has 2 rings (SSSR count). The number of nitrogens with one attached hydrogen (secondary N) is 1. The Bertz CT molecular complexity index is 521. The lowest BCUT2D eigenvalue weighted by molar-refractivity contribution is 0.0950. The first kappa shape index (κ1) is 15.4. The molecular formula is C15H19NO2S2. The zero-order chi connectivity index (χ0) is 14.4. The second-order valence-corrected chi connectivity index (χ2v) is 7.65. The fraction of sp³-hybridized carbons (Fsp3) is 0.533. The Labute approximate surface area is 128 Å². The van der Waals surface area contributed by atoms with Gasteiger partial charge in [0.2, 0.25) is 0 Å². The van der Waals surface area contributed by atoms with Crippen molar-refractivity contribution >= 4 is 29.0 Å². The lowest BCUT2D eigenvalue weighted by atomic mass is 10.1. The number of hydrogen-bond acceptors (Lipinski definition) is 4. The molecule has 1 fully saturated rings. The van der Waals surface area contributed by atoms with Crippen LogP contribution < -0.4 is 5.32 Å². The topological polar surface area (TPSA) is 49.3 Å². The van der Waals surface area contributed by atoms with E-state index >= 15 is 0 Å². The minimum atomic E-state index is -0.0230. The van der Waals surface area contributed by atoms with Crippen LogP contribution in [0, 0.1) is 11.8 Å². The summed E-state index contributed by atoms with van der Waals surface area (Å²) in [6.45, 7) is 3.00. The van der Waals surface area contributed by atoms with Gasteiger partial charge in [-0.05, 0) is 31.6 Å². The molecule has 2 N–H and O–H groups in total. The maximum absolute atomic E-state index is 12.1. The minimum absolute atomic E-state index is 0.0230. The third-order valence-electron chi connectivity index (χ3n) is 3.23. The second kappa shape index (κ2) is 7.16. The predicted octanol–water partition coefficient (Wildman–Crippen LogP) is 2.50. The first-order valence-electron chi connectivity index (χ1n) is 6.73. The van der Waals surface area contributed by atoms with Gasteiger partial charge in [0, 0.05) is 23.1 Å². The van der Waals surface area contributed by atoms with Crippen LogP contribution in [0.5, 0.6) is 0 Å². The maximum Gasteiger partial charge on any atom is 0.252 e. The van der Waals surface area contributed by atoms with Gasteiger partial charge < -0.3 is 10.4 Å². The highest BCUT2D eigenvalue weighted by Crippen LogP contribution is 2.37. The van der Waals surface area contributed by atoms with Crippen molar-refractivity contribution in [2.45, 2.75) is 30.9 Å². The number of aliphatic hydroxyl groups is 1. The average molecular weight is 309 g/mol. The van der Waals surface area contributed by atoms with Gasteiger partial charge in [0.15, 0.2) is 0 Å². The Morgan fingerprint density at radius 1 is 1.60 bits per heavy atom. The van der Waals surface area contributed by atoms with Gasteiger partial charge in [0.1, 0.15) is 0 Å². The number of hydrogen-bond donors (Lipinski definition) is 2. The number of amides is 1. The molecule has 1 saturated heterocycles. The highest BCUT2D eigenvalue weighted by atomic mass is 32.2. The van der Waals surface area contributed by atoms with E-state index in [1.165, 1.54) is 29.9 Å². The van der Waals surface area contributed by atoms with Gasteiger partial charge in [-0.15, -0.1) is 11.3 Å². The summed E-state index contributed by atoms with van der Waals surface area (Å²) in [4.78, 5) is 13.0. The summed E-state index contributed by atoms with van der Waals surface area (Å²) in [5.74, 6) is 6.98. The summed E-state index contributed by atoms with van der Waals surface area (Å²) < 4.78 is 0.190. The summed E-state index contributed by atoms with van der Waals surface area (Å²) in [5, 5.41) is 13.5. The molecule has 0 spiro atoms. The summed E-state index contributed by atoms with van der Waals surface area (Å²) in [6, 6.07) is 1.81. The number of thiophene rings is 1. The molecule has 1 aliphatic rings. The van der Waals surface area contributed by atoms with Gasteiger partial charge in [0.05, 0.1) is 17.0 Å². The first-order valence-corrected chi connectivity index (χ1v) is 8.60. The molecule has 1 unspecified atom stereocenters. The van der Waals surface area contributed by atoms with E-state index in [1.54, 1.807) is 0 Å². The summed E-state index contributed by atoms with van der Waals surface area (Å²) in [5.41, 5.74) is 0.676. The maximum atomic E-state index is 12.1. The van der Waals surface area contributed by atoms with E-state index < -0.39 is 0 Å². The first-order chi connectivity index (χ1) is 9.63. The van der Waals surface area contributed by atoms with Crippen molar-refractivity contribution < 1.29 is 9.90 Å². The highest BCUT2D eigenvalue weighted by molar-refractivity contribution is 8.00. The van der Waals surface area contributed by atoms with Crippen LogP contribution in [0.25, 0.3) is 0 Å². The van der Waals surface area contributed by atoms with Crippen molar-refractivity contribution in [2.24, 2.45) is 0 Å². The van der Waals surface area contributed by atoms with Crippen LogP contribution >= 0.6 is 23.1 Å². The van der Waals surface area contributed by atoms with Crippen molar-refractivity contribution in [3.63, 3.8) is 0 Å². The quantitative estimate of drug-likeness (QED) is 0.840. The molecule has 0 saturated carbocycles. The van der Waals surface area contributed by atoms with E-state index in [9.17, 15) is 4.79 Å². The number of aliphatic hydroxyl groups excluding tert-OH is 1. The normalized spacial score (nSPS) is 21.3. The minimum Gasteiger partial charge on any atom is -0.395 e. The van der Waals surface area contributed by atoms with Gasteiger partial charge in [-0.25, -0.2) is 0 Å². The van der Waals surface area contributed by atoms with Crippen molar-refractivity contribution in [1.29, 1.82) is 0 Å². The van der Waals surface area contributed by atoms with Crippen LogP contribution in [0.3, 0.4) is 0 Å². The Morgan fingerprint density at radius 3 is 3.15 bits per heavy atom. The zero-order valence-corrected chi connectivity index (χ0v) is 13.2. The highest BCUT2D eigenvalue weighted by Gasteiger charge is 2.29. The van der Waals surface area contributed by atoms with Crippen LogP contribution in [-0.4, -0.2) is 34.7 Å². The Morgan fingerprint density at radius 2 is 2.45 bits per heavy atom. The number of rotatable bonds is 4. The zero-order valence-electron chi connectivity index (χ0n) is 11.6. The van der Waals surface area contributed by atoms with Crippen LogP contribution in [0.4, 0.5) is 0 Å². The largest absolute Gasteiger partial charge is 0.395 e. The molecule has 20 heavy (non-hydrogen) atoms. The van der Waals surface area contributed by atoms with Gasteiger partial charge in [-0.1, -0.05) is 11.8 Å². The molecule has 1 aromatic heterocycles. The summed E-state index contributed by atoms with van der Waals surface area (Å²) in [6.07, 6.45) is 2.87. The third kappa shape index (κ3) is 4.27. The molecule has 2 heterocycles. The fourth-order valence-electron chi connectivity index (χ4n) is 2.07. The van der Waals surface area contributed by atoms with Gasteiger partial charge in [-0.2, -0.15) is 11.8 Å². The van der Waals surface area contributed by atoms with E-state index in [0.717, 1.165) is 11.4 Å². The van der Waals surface area contributed by atoms with E-state index in [4.69, 9.17) is 5.11 Å². The average Bonchev–Trinajstić information content (AvgIpc) is 3.06. The van der Waals surface area contributed by atoms with E-state index in [0.29, 0.717) is 12.0 Å². The van der Waals surface area contributed by atoms with Crippen molar-refractivity contribution in [2.75, 3.05) is 18.9 Å². The Hall–Kier alpha value is -0.960. The molecule has 0 bridgehead atoms. The van der Waals surface area contributed by atoms with Crippen LogP contribution in [0.1, 0.15) is 41.4 Å². The lowest BCUT2D eigenvalue weighted by Crippen LogP contribution is -2.36. The van der Waals surface area contributed by atoms with Gasteiger partial charge in [-0.3, -0.25) is 4.79 Å². The lowest BCUT2D eigenvalue weighted by Gasteiger charge is -2.22. The van der Waals surface area contributed by atoms with E-state index in [1.807, 2.05) is 23.2 Å². The van der Waals surface area contributed by atoms with E-state index in [2.05, 4.69) is 24.1 Å². The van der Waals surface area contributed by atoms with Crippen molar-refractivity contribution in [3.05, 3.63) is 21.9 Å². The molecule has 3 nitrogen and oxygen atoms in total. The predicted molar refractivity (Wildman–Crippen MR) is 85.3 cm³/mol. The van der Waals surface area contributed by atoms with Crippen LogP contribution in [0.15, 0.2) is 11.4 Å². The monoisotopic (exact) mass is 309 g/mol. The third-order valence-corrected chi connectivity index (χ3v) is 5.62. The molecule has 108 valence electrons. The van der Waals surface area contributed by atoms with Crippen molar-refractivity contribution in [3.8, 4) is 11.8 Å². The van der Waals surface area contributed by atoms with Gasteiger partial charge in [0.25, 0.3) is 5.91 Å². The summed E-state index contributed by atoms with van der Waals surface area (Å²) in [7, 11) is 0. The van der Waals surface area contributed by atoms with Gasteiger partial charge >= 0.3 is 0 Å². The molecule has 0 aliphatic carbocycles. The molecule has 0 aromatic carbocycles. The van der Waals surface area contributed by atoms with Crippen LogP contribution in [0.2, 0.25) is 0 Å².